The van der Waals surface area contributed by atoms with Crippen molar-refractivity contribution < 1.29 is 14.4 Å². The number of nitrogens with zero attached hydrogens (tertiary/aromatic N) is 4. The Morgan fingerprint density at radius 1 is 1.06 bits per heavy atom. The highest BCUT2D eigenvalue weighted by molar-refractivity contribution is 6.30. The van der Waals surface area contributed by atoms with Crippen molar-refractivity contribution >= 4 is 17.5 Å². The van der Waals surface area contributed by atoms with E-state index in [1.165, 1.54) is 5.56 Å². The second-order valence-corrected chi connectivity index (χ2v) is 10.2. The summed E-state index contributed by atoms with van der Waals surface area (Å²) in [4.78, 5) is 21.9. The van der Waals surface area contributed by atoms with Crippen molar-refractivity contribution in [2.45, 2.75) is 44.8 Å². The lowest BCUT2D eigenvalue weighted by Crippen LogP contribution is -2.48. The molecule has 5 rings (SSSR count). The Balaban J connectivity index is 1.10. The van der Waals surface area contributed by atoms with Gasteiger partial charge in [0.15, 0.2) is 5.82 Å². The summed E-state index contributed by atoms with van der Waals surface area (Å²) in [6.07, 6.45) is 2.72. The van der Waals surface area contributed by atoms with Gasteiger partial charge in [-0.3, -0.25) is 9.69 Å². The number of hydrogen-bond donors (Lipinski definition) is 1. The molecular formula is C27H31ClN4O3. The molecule has 3 heterocycles. The molecule has 184 valence electrons. The SMILES string of the molecule is Cc1ccc(-c2nc(CN3CCC(C(=O)N4CCC(O)(c5ccc(Cl)cc5)CC4)CC3)no2)cc1. The first-order chi connectivity index (χ1) is 16.9. The largest absolute Gasteiger partial charge is 0.385 e. The molecule has 1 N–H and O–H groups in total. The van der Waals surface area contributed by atoms with Crippen LogP contribution in [0.4, 0.5) is 0 Å². The lowest BCUT2D eigenvalue weighted by molar-refractivity contribution is -0.141. The first-order valence-electron chi connectivity index (χ1n) is 12.3. The molecule has 7 nitrogen and oxygen atoms in total. The fraction of sp³-hybridized carbons (Fsp3) is 0.444. The Morgan fingerprint density at radius 2 is 1.71 bits per heavy atom. The third-order valence-electron chi connectivity index (χ3n) is 7.35. The molecule has 8 heteroatoms. The van der Waals surface area contributed by atoms with E-state index < -0.39 is 5.60 Å². The third-order valence-corrected chi connectivity index (χ3v) is 7.60. The van der Waals surface area contributed by atoms with E-state index in [1.54, 1.807) is 12.1 Å². The summed E-state index contributed by atoms with van der Waals surface area (Å²) in [5, 5.41) is 15.9. The maximum atomic E-state index is 13.2. The first kappa shape index (κ1) is 24.0. The van der Waals surface area contributed by atoms with Crippen molar-refractivity contribution in [3.63, 3.8) is 0 Å². The summed E-state index contributed by atoms with van der Waals surface area (Å²) in [5.41, 5.74) is 2.08. The lowest BCUT2D eigenvalue weighted by Gasteiger charge is -2.41. The van der Waals surface area contributed by atoms with Gasteiger partial charge in [0.25, 0.3) is 5.89 Å². The number of piperidine rings is 2. The van der Waals surface area contributed by atoms with Crippen LogP contribution in [0.5, 0.6) is 0 Å². The summed E-state index contributed by atoms with van der Waals surface area (Å²) < 4.78 is 5.45. The quantitative estimate of drug-likeness (QED) is 0.565. The highest BCUT2D eigenvalue weighted by Crippen LogP contribution is 2.34. The van der Waals surface area contributed by atoms with Gasteiger partial charge in [0.2, 0.25) is 5.91 Å². The summed E-state index contributed by atoms with van der Waals surface area (Å²) in [6, 6.07) is 15.4. The second kappa shape index (κ2) is 10.1. The molecular weight excluding hydrogens is 464 g/mol. The Bertz CT molecular complexity index is 1150. The van der Waals surface area contributed by atoms with E-state index in [-0.39, 0.29) is 11.8 Å². The van der Waals surface area contributed by atoms with Gasteiger partial charge in [0.05, 0.1) is 12.1 Å². The van der Waals surface area contributed by atoms with E-state index in [0.29, 0.717) is 49.2 Å². The van der Waals surface area contributed by atoms with Crippen molar-refractivity contribution in [2.24, 2.45) is 5.92 Å². The van der Waals surface area contributed by atoms with E-state index in [2.05, 4.69) is 15.0 Å². The van der Waals surface area contributed by atoms with Gasteiger partial charge >= 0.3 is 0 Å². The summed E-state index contributed by atoms with van der Waals surface area (Å²) >= 11 is 5.98. The van der Waals surface area contributed by atoms with E-state index in [1.807, 2.05) is 48.2 Å². The summed E-state index contributed by atoms with van der Waals surface area (Å²) in [5.74, 6) is 1.45. The summed E-state index contributed by atoms with van der Waals surface area (Å²) in [7, 11) is 0. The molecule has 3 aromatic rings. The van der Waals surface area contributed by atoms with Gasteiger partial charge in [-0.15, -0.1) is 0 Å². The number of hydrogen-bond acceptors (Lipinski definition) is 6. The number of aromatic nitrogens is 2. The molecule has 1 aromatic heterocycles. The molecule has 2 aliphatic heterocycles. The predicted octanol–water partition coefficient (Wildman–Crippen LogP) is 4.42. The van der Waals surface area contributed by atoms with Crippen LogP contribution >= 0.6 is 11.6 Å². The Hall–Kier alpha value is -2.74. The van der Waals surface area contributed by atoms with Gasteiger partial charge < -0.3 is 14.5 Å². The molecule has 1 amide bonds. The molecule has 2 saturated heterocycles. The molecule has 2 aromatic carbocycles. The summed E-state index contributed by atoms with van der Waals surface area (Å²) in [6.45, 7) is 5.46. The predicted molar refractivity (Wildman–Crippen MR) is 134 cm³/mol. The van der Waals surface area contributed by atoms with Gasteiger partial charge in [0, 0.05) is 29.6 Å². The van der Waals surface area contributed by atoms with Crippen LogP contribution in [0.1, 0.15) is 42.6 Å². The standard InChI is InChI=1S/C27H31ClN4O3/c1-19-2-4-20(5-3-19)25-29-24(30-35-25)18-31-14-10-21(11-15-31)26(33)32-16-12-27(34,13-17-32)22-6-8-23(28)9-7-22/h2-9,21,34H,10-18H2,1H3. The van der Waals surface area contributed by atoms with Crippen molar-refractivity contribution in [3.05, 3.63) is 70.5 Å². The minimum atomic E-state index is -0.896. The molecule has 0 aliphatic carbocycles. The fourth-order valence-corrected chi connectivity index (χ4v) is 5.20. The number of rotatable bonds is 5. The van der Waals surface area contributed by atoms with E-state index in [4.69, 9.17) is 16.1 Å². The normalized spacial score (nSPS) is 19.1. The molecule has 0 saturated carbocycles. The molecule has 0 radical (unpaired) electrons. The van der Waals surface area contributed by atoms with Crippen LogP contribution in [-0.4, -0.2) is 57.1 Å². The minimum absolute atomic E-state index is 0.0290. The molecule has 2 aliphatic rings. The molecule has 2 fully saturated rings. The molecule has 0 unspecified atom stereocenters. The van der Waals surface area contributed by atoms with E-state index in [9.17, 15) is 9.90 Å². The number of carbonyl (C=O) groups is 1. The van der Waals surface area contributed by atoms with E-state index >= 15 is 0 Å². The minimum Gasteiger partial charge on any atom is -0.385 e. The smallest absolute Gasteiger partial charge is 0.257 e. The van der Waals surface area contributed by atoms with Gasteiger partial charge in [-0.1, -0.05) is 46.6 Å². The average Bonchev–Trinajstić information content (AvgIpc) is 3.34. The molecule has 0 spiro atoms. The van der Waals surface area contributed by atoms with Gasteiger partial charge in [-0.2, -0.15) is 4.98 Å². The van der Waals surface area contributed by atoms with Crippen LogP contribution in [0.15, 0.2) is 53.1 Å². The van der Waals surface area contributed by atoms with Crippen molar-refractivity contribution in [2.75, 3.05) is 26.2 Å². The number of aliphatic hydroxyl groups is 1. The van der Waals surface area contributed by atoms with Gasteiger partial charge in [-0.25, -0.2) is 0 Å². The van der Waals surface area contributed by atoms with Crippen LogP contribution in [0.2, 0.25) is 5.02 Å². The van der Waals surface area contributed by atoms with Gasteiger partial charge in [0.1, 0.15) is 0 Å². The van der Waals surface area contributed by atoms with E-state index in [0.717, 1.165) is 37.1 Å². The fourth-order valence-electron chi connectivity index (χ4n) is 5.07. The molecule has 35 heavy (non-hydrogen) atoms. The second-order valence-electron chi connectivity index (χ2n) is 9.80. The van der Waals surface area contributed by atoms with Crippen molar-refractivity contribution in [1.82, 2.24) is 19.9 Å². The van der Waals surface area contributed by atoms with Gasteiger partial charge in [-0.05, 0) is 75.5 Å². The maximum Gasteiger partial charge on any atom is 0.257 e. The van der Waals surface area contributed by atoms with Crippen LogP contribution in [0, 0.1) is 12.8 Å². The average molecular weight is 495 g/mol. The zero-order chi connectivity index (χ0) is 24.4. The zero-order valence-corrected chi connectivity index (χ0v) is 20.7. The number of carbonyl (C=O) groups excluding carboxylic acids is 1. The number of likely N-dealkylation sites (tertiary alicyclic amines) is 2. The molecule has 0 atom stereocenters. The topological polar surface area (TPSA) is 82.7 Å². The van der Waals surface area contributed by atoms with Crippen molar-refractivity contribution in [3.8, 4) is 11.5 Å². The van der Waals surface area contributed by atoms with Crippen LogP contribution in [0.25, 0.3) is 11.5 Å². The highest BCUT2D eigenvalue weighted by Gasteiger charge is 2.37. The number of amides is 1. The third kappa shape index (κ3) is 5.42. The Morgan fingerprint density at radius 3 is 2.37 bits per heavy atom. The first-order valence-corrected chi connectivity index (χ1v) is 12.7. The van der Waals surface area contributed by atoms with Crippen LogP contribution in [0.3, 0.4) is 0 Å². The van der Waals surface area contributed by atoms with Crippen molar-refractivity contribution in [1.29, 1.82) is 0 Å². The Labute approximate surface area is 210 Å². The van der Waals surface area contributed by atoms with Crippen LogP contribution < -0.4 is 0 Å². The Kier molecular flexibility index (Phi) is 6.91. The van der Waals surface area contributed by atoms with Crippen LogP contribution in [-0.2, 0) is 16.9 Å². The zero-order valence-electron chi connectivity index (χ0n) is 20.0. The highest BCUT2D eigenvalue weighted by atomic mass is 35.5. The maximum absolute atomic E-state index is 13.2. The number of aryl methyl sites for hydroxylation is 1. The monoisotopic (exact) mass is 494 g/mol. The number of halogens is 1. The lowest BCUT2D eigenvalue weighted by atomic mass is 9.84. The molecule has 0 bridgehead atoms. The number of benzene rings is 2.